The minimum atomic E-state index is -7.80. The van der Waals surface area contributed by atoms with Crippen LogP contribution in [0.2, 0.25) is 0 Å². The quantitative estimate of drug-likeness (QED) is 0.440. The van der Waals surface area contributed by atoms with Gasteiger partial charge < -0.3 is 13.9 Å². The maximum Gasteiger partial charge on any atom is 1.00 e. The van der Waals surface area contributed by atoms with Gasteiger partial charge in [-0.1, -0.05) is 0 Å². The van der Waals surface area contributed by atoms with Gasteiger partial charge in [0, 0.05) is 6.61 Å². The van der Waals surface area contributed by atoms with E-state index in [1.165, 1.54) is 0 Å². The largest absolute Gasteiger partial charge is 1.00 e. The van der Waals surface area contributed by atoms with Gasteiger partial charge in [-0.25, -0.2) is 8.78 Å². The van der Waals surface area contributed by atoms with E-state index in [-0.39, 0.29) is 36.2 Å². The molecule has 0 aromatic rings. The van der Waals surface area contributed by atoms with Crippen LogP contribution in [0, 0.1) is 6.43 Å². The summed E-state index contributed by atoms with van der Waals surface area (Å²) in [4.78, 5) is 0. The monoisotopic (exact) mass is 388 g/mol. The van der Waals surface area contributed by atoms with Gasteiger partial charge in [-0.2, -0.15) is 39.5 Å². The summed E-state index contributed by atoms with van der Waals surface area (Å²) in [7, 11) is 0. The van der Waals surface area contributed by atoms with Crippen LogP contribution in [0.25, 0.3) is 0 Å². The molecule has 0 fully saturated rings. The van der Waals surface area contributed by atoms with Gasteiger partial charge in [-0.05, 0) is 6.92 Å². The Labute approximate surface area is 142 Å². The van der Waals surface area contributed by atoms with Gasteiger partial charge in [0.25, 0.3) is 5.92 Å². The second-order valence-electron chi connectivity index (χ2n) is 3.37. The molecule has 0 saturated carbocycles. The predicted molar refractivity (Wildman–Crippen MR) is 44.1 cm³/mol. The van der Waals surface area contributed by atoms with Crippen LogP contribution in [0.15, 0.2) is 0 Å². The van der Waals surface area contributed by atoms with Crippen LogP contribution < -0.4 is 29.6 Å². The van der Waals surface area contributed by atoms with Crippen molar-refractivity contribution in [3.63, 3.8) is 0 Å². The van der Waals surface area contributed by atoms with E-state index in [9.17, 15) is 57.1 Å². The van der Waals surface area contributed by atoms with Gasteiger partial charge in [0.1, 0.15) is 0 Å². The van der Waals surface area contributed by atoms with Crippen LogP contribution in [-0.2, 0) is 0 Å². The average Bonchev–Trinajstić information content (AvgIpc) is 2.27. The third-order valence-electron chi connectivity index (χ3n) is 1.78. The number of alkyl halides is 11. The first-order valence-corrected chi connectivity index (χ1v) is 4.73. The number of hydrogen-bond acceptors (Lipinski definition) is 1. The van der Waals surface area contributed by atoms with E-state index < -0.39 is 36.3 Å². The molecule has 136 valence electrons. The molecular formula is C8H6F13NaO. The topological polar surface area (TPSA) is 20.2 Å². The molecule has 0 aliphatic carbocycles. The average molecular weight is 388 g/mol. The molecule has 23 heavy (non-hydrogen) atoms. The van der Waals surface area contributed by atoms with Gasteiger partial charge in [0.15, 0.2) is 0 Å². The molecular weight excluding hydrogens is 382 g/mol. The van der Waals surface area contributed by atoms with E-state index in [1.807, 2.05) is 0 Å². The Kier molecular flexibility index (Phi) is 10.2. The molecule has 0 aromatic carbocycles. The van der Waals surface area contributed by atoms with E-state index in [2.05, 4.69) is 0 Å². The Morgan fingerprint density at radius 1 is 0.696 bits per heavy atom. The molecule has 15 heteroatoms. The van der Waals surface area contributed by atoms with Crippen molar-refractivity contribution in [1.29, 1.82) is 0 Å². The first kappa shape index (κ1) is 27.9. The molecule has 0 heterocycles. The summed E-state index contributed by atoms with van der Waals surface area (Å²) in [5.74, 6) is -30.3. The van der Waals surface area contributed by atoms with E-state index in [4.69, 9.17) is 5.11 Å². The SMILES string of the molecule is CCO.F[C-](F)C(F)(F)C(F)(F)C(F)(F)C(F)(F)C(F)(F)F.[Na+]. The van der Waals surface area contributed by atoms with E-state index in [1.54, 1.807) is 6.92 Å². The zero-order chi connectivity index (χ0) is 18.8. The smallest absolute Gasteiger partial charge is 0.415 e. The Hall–Kier alpha value is 0.0500. The van der Waals surface area contributed by atoms with Gasteiger partial charge in [0.2, 0.25) is 0 Å². The van der Waals surface area contributed by atoms with Crippen molar-refractivity contribution in [2.45, 2.75) is 36.8 Å². The van der Waals surface area contributed by atoms with Crippen molar-refractivity contribution in [3.05, 3.63) is 6.43 Å². The number of rotatable bonds is 4. The van der Waals surface area contributed by atoms with Crippen LogP contribution in [0.1, 0.15) is 6.92 Å². The summed E-state index contributed by atoms with van der Waals surface area (Å²) in [6, 6.07) is 0. The first-order valence-electron chi connectivity index (χ1n) is 4.73. The standard InChI is InChI=1S/C6F13.C2H6O.Na/c7-1(8)2(9,10)3(11,12)4(13,14)5(15,16)6(17,18)19;1-2-3;/h;3H,2H2,1H3;/q-1;;+1. The maximum atomic E-state index is 12.3. The third-order valence-corrected chi connectivity index (χ3v) is 1.78. The molecule has 0 spiro atoms. The molecule has 0 radical (unpaired) electrons. The molecule has 0 saturated heterocycles. The number of aliphatic hydroxyl groups excluding tert-OH is 1. The Balaban J connectivity index is -0.000000920. The van der Waals surface area contributed by atoms with Gasteiger partial charge in [0.05, 0.1) is 6.43 Å². The van der Waals surface area contributed by atoms with Crippen LogP contribution in [0.5, 0.6) is 0 Å². The van der Waals surface area contributed by atoms with Crippen molar-refractivity contribution < 1.29 is 91.7 Å². The molecule has 0 bridgehead atoms. The molecule has 0 aliphatic rings. The molecule has 0 rings (SSSR count). The Bertz CT molecular complexity index is 350. The molecule has 0 aliphatic heterocycles. The summed E-state index contributed by atoms with van der Waals surface area (Å²) >= 11 is 0. The maximum absolute atomic E-state index is 12.3. The van der Waals surface area contributed by atoms with Crippen LogP contribution in [0.3, 0.4) is 0 Å². The fourth-order valence-electron chi connectivity index (χ4n) is 0.691. The normalized spacial score (nSPS) is 14.1. The van der Waals surface area contributed by atoms with Crippen molar-refractivity contribution >= 4 is 0 Å². The summed E-state index contributed by atoms with van der Waals surface area (Å²) in [6.07, 6.45) is -12.1. The van der Waals surface area contributed by atoms with Crippen LogP contribution in [-0.4, -0.2) is 41.6 Å². The van der Waals surface area contributed by atoms with Crippen LogP contribution >= 0.6 is 0 Å². The molecule has 0 atom stereocenters. The van der Waals surface area contributed by atoms with Gasteiger partial charge >= 0.3 is 53.5 Å². The number of halogens is 13. The second kappa shape index (κ2) is 8.43. The van der Waals surface area contributed by atoms with Gasteiger partial charge in [-0.3, -0.25) is 0 Å². The summed E-state index contributed by atoms with van der Waals surface area (Å²) in [5.41, 5.74) is 0. The zero-order valence-electron chi connectivity index (χ0n) is 11.1. The predicted octanol–water partition coefficient (Wildman–Crippen LogP) is 1.52. The minimum Gasteiger partial charge on any atom is -0.415 e. The second-order valence-corrected chi connectivity index (χ2v) is 3.37. The fraction of sp³-hybridized carbons (Fsp3) is 0.875. The van der Waals surface area contributed by atoms with Crippen LogP contribution in [0.4, 0.5) is 57.1 Å². The number of hydrogen-bond donors (Lipinski definition) is 1. The number of aliphatic hydroxyl groups is 1. The Morgan fingerprint density at radius 3 is 1.13 bits per heavy atom. The summed E-state index contributed by atoms with van der Waals surface area (Å²) in [5, 5.41) is 7.57. The van der Waals surface area contributed by atoms with Crippen molar-refractivity contribution in [2.24, 2.45) is 0 Å². The minimum absolute atomic E-state index is 0. The summed E-state index contributed by atoms with van der Waals surface area (Å²) in [6.45, 7) is 1.93. The third kappa shape index (κ3) is 5.01. The Morgan fingerprint density at radius 2 is 0.957 bits per heavy atom. The molecule has 0 unspecified atom stereocenters. The van der Waals surface area contributed by atoms with E-state index in [0.29, 0.717) is 0 Å². The van der Waals surface area contributed by atoms with E-state index >= 15 is 0 Å². The van der Waals surface area contributed by atoms with E-state index in [0.717, 1.165) is 0 Å². The molecule has 1 N–H and O–H groups in total. The molecule has 0 aromatic heterocycles. The van der Waals surface area contributed by atoms with Crippen molar-refractivity contribution in [1.82, 2.24) is 0 Å². The zero-order valence-corrected chi connectivity index (χ0v) is 13.1. The first-order chi connectivity index (χ1) is 9.36. The molecule has 1 nitrogen and oxygen atoms in total. The fourth-order valence-corrected chi connectivity index (χ4v) is 0.691. The van der Waals surface area contributed by atoms with Gasteiger partial charge in [-0.15, -0.1) is 0 Å². The molecule has 0 amide bonds. The van der Waals surface area contributed by atoms with Crippen molar-refractivity contribution in [3.8, 4) is 0 Å². The summed E-state index contributed by atoms with van der Waals surface area (Å²) < 4.78 is 154. The van der Waals surface area contributed by atoms with Crippen molar-refractivity contribution in [2.75, 3.05) is 6.61 Å².